The third-order valence-electron chi connectivity index (χ3n) is 3.05. The number of halogens is 2. The fourth-order valence-electron chi connectivity index (χ4n) is 2.17. The minimum Gasteiger partial charge on any atom is -0.303 e. The summed E-state index contributed by atoms with van der Waals surface area (Å²) in [5.74, 6) is -0.143. The molecule has 21 heavy (non-hydrogen) atoms. The molecule has 0 saturated heterocycles. The van der Waals surface area contributed by atoms with Crippen molar-refractivity contribution in [3.63, 3.8) is 0 Å². The summed E-state index contributed by atoms with van der Waals surface area (Å²) in [5.41, 5.74) is 0.905. The summed E-state index contributed by atoms with van der Waals surface area (Å²) < 4.78 is 0. The molecule has 110 valence electrons. The van der Waals surface area contributed by atoms with Gasteiger partial charge >= 0.3 is 0 Å². The third kappa shape index (κ3) is 3.58. The van der Waals surface area contributed by atoms with Gasteiger partial charge in [0.05, 0.1) is 10.6 Å². The number of hydrogen-bond acceptors (Lipinski definition) is 1. The van der Waals surface area contributed by atoms with Crippen LogP contribution in [0.25, 0.3) is 0 Å². The van der Waals surface area contributed by atoms with E-state index in [0.717, 1.165) is 5.69 Å². The summed E-state index contributed by atoms with van der Waals surface area (Å²) in [6.45, 7) is 5.96. The van der Waals surface area contributed by atoms with Crippen molar-refractivity contribution in [1.29, 1.82) is 0 Å². The van der Waals surface area contributed by atoms with E-state index in [1.807, 2.05) is 51.1 Å². The van der Waals surface area contributed by atoms with E-state index in [2.05, 4.69) is 0 Å². The standard InChI is InChI=1S/C17H17Cl2NO/c1-17(2,3)20(13-7-5-4-6-8-13)16(21)14-10-9-12(18)11-15(14)19/h4-11H,1-3H3. The molecule has 0 unspecified atom stereocenters. The molecule has 0 spiro atoms. The second kappa shape index (κ2) is 6.08. The maximum absolute atomic E-state index is 12.9. The van der Waals surface area contributed by atoms with Gasteiger partial charge in [-0.2, -0.15) is 0 Å². The number of carbonyl (C=O) groups is 1. The Morgan fingerprint density at radius 3 is 2.14 bits per heavy atom. The van der Waals surface area contributed by atoms with Crippen LogP contribution in [0.3, 0.4) is 0 Å². The number of amides is 1. The van der Waals surface area contributed by atoms with E-state index >= 15 is 0 Å². The maximum Gasteiger partial charge on any atom is 0.260 e. The molecule has 2 aromatic carbocycles. The summed E-state index contributed by atoms with van der Waals surface area (Å²) >= 11 is 12.1. The second-order valence-corrected chi connectivity index (χ2v) is 6.61. The Bertz CT molecular complexity index is 648. The highest BCUT2D eigenvalue weighted by atomic mass is 35.5. The van der Waals surface area contributed by atoms with Gasteiger partial charge < -0.3 is 4.90 Å². The average Bonchev–Trinajstić information content (AvgIpc) is 2.38. The Balaban J connectivity index is 2.50. The van der Waals surface area contributed by atoms with Crippen LogP contribution >= 0.6 is 23.2 Å². The Morgan fingerprint density at radius 1 is 1.00 bits per heavy atom. The molecule has 0 bridgehead atoms. The minimum absolute atomic E-state index is 0.143. The number of nitrogens with zero attached hydrogens (tertiary/aromatic N) is 1. The molecular formula is C17H17Cl2NO. The van der Waals surface area contributed by atoms with E-state index in [9.17, 15) is 4.79 Å². The first-order valence-corrected chi connectivity index (χ1v) is 7.41. The lowest BCUT2D eigenvalue weighted by Gasteiger charge is -2.36. The molecule has 0 aliphatic heterocycles. The van der Waals surface area contributed by atoms with Gasteiger partial charge in [-0.05, 0) is 51.1 Å². The van der Waals surface area contributed by atoms with Crippen LogP contribution in [-0.2, 0) is 0 Å². The van der Waals surface area contributed by atoms with Gasteiger partial charge in [0.1, 0.15) is 0 Å². The lowest BCUT2D eigenvalue weighted by atomic mass is 10.0. The monoisotopic (exact) mass is 321 g/mol. The largest absolute Gasteiger partial charge is 0.303 e. The van der Waals surface area contributed by atoms with Crippen molar-refractivity contribution in [2.75, 3.05) is 4.90 Å². The maximum atomic E-state index is 12.9. The number of benzene rings is 2. The van der Waals surface area contributed by atoms with Crippen molar-refractivity contribution >= 4 is 34.8 Å². The molecule has 0 aliphatic carbocycles. The zero-order valence-corrected chi connectivity index (χ0v) is 13.7. The fraction of sp³-hybridized carbons (Fsp3) is 0.235. The zero-order chi connectivity index (χ0) is 15.6. The summed E-state index contributed by atoms with van der Waals surface area (Å²) in [5, 5.41) is 0.872. The van der Waals surface area contributed by atoms with Crippen LogP contribution in [0.1, 0.15) is 31.1 Å². The lowest BCUT2D eigenvalue weighted by molar-refractivity contribution is 0.0966. The average molecular weight is 322 g/mol. The molecule has 0 fully saturated rings. The highest BCUT2D eigenvalue weighted by Crippen LogP contribution is 2.29. The molecule has 0 radical (unpaired) electrons. The van der Waals surface area contributed by atoms with Crippen LogP contribution in [0.15, 0.2) is 48.5 Å². The normalized spacial score (nSPS) is 11.3. The smallest absolute Gasteiger partial charge is 0.260 e. The number of anilines is 1. The molecule has 2 nitrogen and oxygen atoms in total. The van der Waals surface area contributed by atoms with Gasteiger partial charge in [-0.15, -0.1) is 0 Å². The van der Waals surface area contributed by atoms with Crippen molar-refractivity contribution in [2.45, 2.75) is 26.3 Å². The van der Waals surface area contributed by atoms with Crippen molar-refractivity contribution < 1.29 is 4.79 Å². The molecule has 2 rings (SSSR count). The van der Waals surface area contributed by atoms with Crippen LogP contribution in [0.2, 0.25) is 10.0 Å². The summed E-state index contributed by atoms with van der Waals surface area (Å²) in [4.78, 5) is 14.7. The van der Waals surface area contributed by atoms with E-state index in [4.69, 9.17) is 23.2 Å². The lowest BCUT2D eigenvalue weighted by Crippen LogP contribution is -2.46. The van der Waals surface area contributed by atoms with Crippen LogP contribution in [0.4, 0.5) is 5.69 Å². The van der Waals surface area contributed by atoms with Gasteiger partial charge in [0, 0.05) is 16.2 Å². The van der Waals surface area contributed by atoms with Crippen molar-refractivity contribution in [1.82, 2.24) is 0 Å². The van der Waals surface area contributed by atoms with Gasteiger partial charge in [0.2, 0.25) is 0 Å². The Hall–Kier alpha value is -1.51. The van der Waals surface area contributed by atoms with Crippen LogP contribution in [-0.4, -0.2) is 11.4 Å². The first-order valence-electron chi connectivity index (χ1n) is 6.65. The SMILES string of the molecule is CC(C)(C)N(C(=O)c1ccc(Cl)cc1Cl)c1ccccc1. The van der Waals surface area contributed by atoms with Crippen molar-refractivity contribution in [3.8, 4) is 0 Å². The highest BCUT2D eigenvalue weighted by Gasteiger charge is 2.29. The predicted molar refractivity (Wildman–Crippen MR) is 89.5 cm³/mol. The molecular weight excluding hydrogens is 305 g/mol. The quantitative estimate of drug-likeness (QED) is 0.721. The van der Waals surface area contributed by atoms with E-state index < -0.39 is 0 Å². The number of hydrogen-bond donors (Lipinski definition) is 0. The van der Waals surface area contributed by atoms with Crippen molar-refractivity contribution in [3.05, 3.63) is 64.1 Å². The first kappa shape index (κ1) is 15.9. The molecule has 0 aromatic heterocycles. The van der Waals surface area contributed by atoms with Crippen LogP contribution in [0, 0.1) is 0 Å². The van der Waals surface area contributed by atoms with Gasteiger partial charge in [-0.1, -0.05) is 41.4 Å². The Labute approximate surface area is 135 Å². The summed E-state index contributed by atoms with van der Waals surface area (Å²) in [6, 6.07) is 14.5. The molecule has 4 heteroatoms. The Morgan fingerprint density at radius 2 is 1.62 bits per heavy atom. The molecule has 0 saturated carbocycles. The molecule has 0 atom stereocenters. The van der Waals surface area contributed by atoms with Crippen LogP contribution < -0.4 is 4.90 Å². The fourth-order valence-corrected chi connectivity index (χ4v) is 2.66. The third-order valence-corrected chi connectivity index (χ3v) is 3.60. The first-order chi connectivity index (χ1) is 9.80. The summed E-state index contributed by atoms with van der Waals surface area (Å²) in [7, 11) is 0. The van der Waals surface area contributed by atoms with Gasteiger partial charge in [-0.25, -0.2) is 0 Å². The number of rotatable bonds is 2. The number of carbonyl (C=O) groups excluding carboxylic acids is 1. The zero-order valence-electron chi connectivity index (χ0n) is 12.2. The molecule has 2 aromatic rings. The molecule has 1 amide bonds. The molecule has 0 heterocycles. The topological polar surface area (TPSA) is 20.3 Å². The van der Waals surface area contributed by atoms with Gasteiger partial charge in [0.15, 0.2) is 0 Å². The van der Waals surface area contributed by atoms with E-state index in [-0.39, 0.29) is 11.4 Å². The predicted octanol–water partition coefficient (Wildman–Crippen LogP) is 5.44. The van der Waals surface area contributed by atoms with Crippen LogP contribution in [0.5, 0.6) is 0 Å². The van der Waals surface area contributed by atoms with E-state index in [1.165, 1.54) is 0 Å². The summed E-state index contributed by atoms with van der Waals surface area (Å²) in [6.07, 6.45) is 0. The highest BCUT2D eigenvalue weighted by molar-refractivity contribution is 6.37. The van der Waals surface area contributed by atoms with Gasteiger partial charge in [0.25, 0.3) is 5.91 Å². The van der Waals surface area contributed by atoms with Gasteiger partial charge in [-0.3, -0.25) is 4.79 Å². The molecule has 0 aliphatic rings. The second-order valence-electron chi connectivity index (χ2n) is 5.77. The van der Waals surface area contributed by atoms with Crippen molar-refractivity contribution in [2.24, 2.45) is 0 Å². The minimum atomic E-state index is -0.374. The van der Waals surface area contributed by atoms with E-state index in [0.29, 0.717) is 15.6 Å². The molecule has 0 N–H and O–H groups in total. The van der Waals surface area contributed by atoms with E-state index in [1.54, 1.807) is 23.1 Å². The number of para-hydroxylation sites is 1. The Kier molecular flexibility index (Phi) is 4.60.